The van der Waals surface area contributed by atoms with Crippen molar-refractivity contribution in [1.29, 1.82) is 0 Å². The van der Waals surface area contributed by atoms with Crippen LogP contribution in [-0.4, -0.2) is 47.9 Å². The summed E-state index contributed by atoms with van der Waals surface area (Å²) in [5.74, 6) is -1.73. The maximum atomic E-state index is 12.7. The van der Waals surface area contributed by atoms with Crippen LogP contribution in [-0.2, 0) is 20.7 Å². The predicted octanol–water partition coefficient (Wildman–Crippen LogP) is 3.73. The van der Waals surface area contributed by atoms with Crippen molar-refractivity contribution >= 4 is 18.0 Å². The molecule has 8 nitrogen and oxygen atoms in total. The fraction of sp³-hybridized carbons (Fsp3) is 0.609. The van der Waals surface area contributed by atoms with Gasteiger partial charge in [0.25, 0.3) is 0 Å². The van der Waals surface area contributed by atoms with E-state index in [0.29, 0.717) is 24.9 Å². The van der Waals surface area contributed by atoms with E-state index in [1.807, 2.05) is 0 Å². The molecule has 10 heteroatoms. The zero-order valence-corrected chi connectivity index (χ0v) is 19.1. The first-order valence-electron chi connectivity index (χ1n) is 11.0. The van der Waals surface area contributed by atoms with Gasteiger partial charge in [-0.2, -0.15) is 8.78 Å². The van der Waals surface area contributed by atoms with Crippen molar-refractivity contribution in [3.8, 4) is 5.75 Å². The number of alkyl halides is 2. The van der Waals surface area contributed by atoms with Crippen LogP contribution in [0.1, 0.15) is 52.0 Å². The molecule has 0 spiro atoms. The van der Waals surface area contributed by atoms with E-state index in [1.54, 1.807) is 26.8 Å². The van der Waals surface area contributed by atoms with Gasteiger partial charge in [-0.1, -0.05) is 12.1 Å². The summed E-state index contributed by atoms with van der Waals surface area (Å²) in [6.07, 6.45) is 2.07. The first-order chi connectivity index (χ1) is 15.4. The fourth-order valence-electron chi connectivity index (χ4n) is 3.74. The van der Waals surface area contributed by atoms with Crippen LogP contribution in [0.15, 0.2) is 24.3 Å². The van der Waals surface area contributed by atoms with Gasteiger partial charge in [0.2, 0.25) is 5.91 Å². The summed E-state index contributed by atoms with van der Waals surface area (Å²) in [6, 6.07) is 4.56. The van der Waals surface area contributed by atoms with E-state index in [1.165, 1.54) is 18.2 Å². The quantitative estimate of drug-likeness (QED) is 0.507. The lowest BCUT2D eigenvalue weighted by molar-refractivity contribution is -0.142. The van der Waals surface area contributed by atoms with Crippen molar-refractivity contribution in [2.45, 2.75) is 71.1 Å². The van der Waals surface area contributed by atoms with Gasteiger partial charge >= 0.3 is 18.7 Å². The number of carboxylic acid groups (broad SMARTS) is 1. The summed E-state index contributed by atoms with van der Waals surface area (Å²) >= 11 is 0. The van der Waals surface area contributed by atoms with E-state index in [-0.39, 0.29) is 29.9 Å². The first-order valence-corrected chi connectivity index (χ1v) is 11.0. The summed E-state index contributed by atoms with van der Waals surface area (Å²) in [4.78, 5) is 36.1. The minimum absolute atomic E-state index is 0.0589. The van der Waals surface area contributed by atoms with Crippen molar-refractivity contribution in [3.05, 3.63) is 29.8 Å². The number of carboxylic acids is 1. The maximum absolute atomic E-state index is 12.7. The minimum atomic E-state index is -2.98. The Labute approximate surface area is 192 Å². The molecule has 0 aliphatic heterocycles. The third-order valence-corrected chi connectivity index (χ3v) is 5.33. The molecule has 0 bridgehead atoms. The average Bonchev–Trinajstić information content (AvgIpc) is 2.70. The smallest absolute Gasteiger partial charge is 0.407 e. The van der Waals surface area contributed by atoms with Gasteiger partial charge in [-0.25, -0.2) is 9.59 Å². The van der Waals surface area contributed by atoms with Crippen molar-refractivity contribution in [2.24, 2.45) is 11.8 Å². The van der Waals surface area contributed by atoms with E-state index in [0.717, 1.165) is 12.8 Å². The molecule has 184 valence electrons. The van der Waals surface area contributed by atoms with Crippen LogP contribution >= 0.6 is 0 Å². The van der Waals surface area contributed by atoms with Crippen LogP contribution in [0.3, 0.4) is 0 Å². The number of carbonyl (C=O) groups is 3. The molecule has 1 aromatic rings. The lowest BCUT2D eigenvalue weighted by Gasteiger charge is -2.29. The Morgan fingerprint density at radius 1 is 1.15 bits per heavy atom. The number of benzene rings is 1. The van der Waals surface area contributed by atoms with Crippen molar-refractivity contribution in [1.82, 2.24) is 10.6 Å². The zero-order valence-electron chi connectivity index (χ0n) is 19.1. The number of hydrogen-bond donors (Lipinski definition) is 3. The normalized spacial score (nSPS) is 19.5. The van der Waals surface area contributed by atoms with Gasteiger partial charge in [0, 0.05) is 18.9 Å². The molecule has 2 rings (SSSR count). The van der Waals surface area contributed by atoms with Crippen molar-refractivity contribution in [3.63, 3.8) is 0 Å². The van der Waals surface area contributed by atoms with Crippen LogP contribution in [0.4, 0.5) is 13.6 Å². The number of ether oxygens (including phenoxy) is 2. The highest BCUT2D eigenvalue weighted by atomic mass is 19.3. The average molecular weight is 471 g/mol. The topological polar surface area (TPSA) is 114 Å². The second-order valence-electron chi connectivity index (χ2n) is 9.23. The molecule has 2 amide bonds. The lowest BCUT2D eigenvalue weighted by atomic mass is 9.81. The van der Waals surface area contributed by atoms with Crippen LogP contribution in [0.25, 0.3) is 0 Å². The maximum Gasteiger partial charge on any atom is 0.407 e. The molecule has 1 aliphatic rings. The molecule has 1 aliphatic carbocycles. The van der Waals surface area contributed by atoms with Gasteiger partial charge in [0.05, 0.1) is 0 Å². The number of alkyl carbamates (subject to hydrolysis) is 1. The standard InChI is InChI=1S/C23H32F2N2O6/c1-23(2,3)33-22(31)26-13-14-7-9-16(10-8-14)19(28)27-18(20(29)30)12-15-5-4-6-17(11-15)32-21(24)25/h4-6,11,14,16,18,21H,7-10,12-13H2,1-3H3,(H,26,31)(H,27,28)(H,29,30). The Bertz CT molecular complexity index is 819. The molecular formula is C23H32F2N2O6. The van der Waals surface area contributed by atoms with E-state index in [9.17, 15) is 28.3 Å². The van der Waals surface area contributed by atoms with E-state index < -0.39 is 30.3 Å². The van der Waals surface area contributed by atoms with Crippen LogP contribution < -0.4 is 15.4 Å². The molecule has 0 heterocycles. The Morgan fingerprint density at radius 2 is 1.82 bits per heavy atom. The molecular weight excluding hydrogens is 438 g/mol. The molecule has 3 N–H and O–H groups in total. The number of carbonyl (C=O) groups excluding carboxylic acids is 2. The molecule has 1 atom stereocenters. The number of hydrogen-bond acceptors (Lipinski definition) is 5. The third-order valence-electron chi connectivity index (χ3n) is 5.33. The van der Waals surface area contributed by atoms with E-state index in [2.05, 4.69) is 15.4 Å². The second-order valence-corrected chi connectivity index (χ2v) is 9.23. The number of aliphatic carboxylic acids is 1. The lowest BCUT2D eigenvalue weighted by Crippen LogP contribution is -2.46. The highest BCUT2D eigenvalue weighted by Gasteiger charge is 2.30. The number of rotatable bonds is 9. The fourth-order valence-corrected chi connectivity index (χ4v) is 3.74. The zero-order chi connectivity index (χ0) is 24.6. The first kappa shape index (κ1) is 26.3. The van der Waals surface area contributed by atoms with Gasteiger partial charge in [-0.15, -0.1) is 0 Å². The molecule has 0 saturated heterocycles. The Morgan fingerprint density at radius 3 is 2.39 bits per heavy atom. The van der Waals surface area contributed by atoms with Crippen LogP contribution in [0.5, 0.6) is 5.75 Å². The summed E-state index contributed by atoms with van der Waals surface area (Å²) in [5.41, 5.74) is -0.115. The molecule has 33 heavy (non-hydrogen) atoms. The SMILES string of the molecule is CC(C)(C)OC(=O)NCC1CCC(C(=O)NC(Cc2cccc(OC(F)F)c2)C(=O)O)CC1. The Kier molecular flexibility index (Phi) is 9.43. The number of amides is 2. The summed E-state index contributed by atoms with van der Waals surface area (Å²) in [7, 11) is 0. The Hall–Kier alpha value is -2.91. The van der Waals surface area contributed by atoms with Gasteiger partial charge < -0.3 is 25.2 Å². The summed E-state index contributed by atoms with van der Waals surface area (Å²) in [6.45, 7) is 2.83. The molecule has 1 unspecified atom stereocenters. The molecule has 0 radical (unpaired) electrons. The van der Waals surface area contributed by atoms with Gasteiger partial charge in [0.1, 0.15) is 17.4 Å². The highest BCUT2D eigenvalue weighted by Crippen LogP contribution is 2.29. The second kappa shape index (κ2) is 11.8. The van der Waals surface area contributed by atoms with Crippen LogP contribution in [0.2, 0.25) is 0 Å². The monoisotopic (exact) mass is 470 g/mol. The number of nitrogens with one attached hydrogen (secondary N) is 2. The van der Waals surface area contributed by atoms with Crippen molar-refractivity contribution < 1.29 is 37.7 Å². The Balaban J connectivity index is 1.83. The molecule has 1 saturated carbocycles. The third kappa shape index (κ3) is 9.63. The minimum Gasteiger partial charge on any atom is -0.480 e. The molecule has 0 aromatic heterocycles. The van der Waals surface area contributed by atoms with Gasteiger partial charge in [-0.3, -0.25) is 4.79 Å². The largest absolute Gasteiger partial charge is 0.480 e. The number of halogens is 2. The van der Waals surface area contributed by atoms with Gasteiger partial charge in [-0.05, 0) is 70.1 Å². The molecule has 1 aromatic carbocycles. The summed E-state index contributed by atoms with van der Waals surface area (Å²) < 4.78 is 34.4. The van der Waals surface area contributed by atoms with E-state index >= 15 is 0 Å². The summed E-state index contributed by atoms with van der Waals surface area (Å²) in [5, 5.41) is 14.8. The highest BCUT2D eigenvalue weighted by molar-refractivity contribution is 5.85. The predicted molar refractivity (Wildman–Crippen MR) is 116 cm³/mol. The van der Waals surface area contributed by atoms with Gasteiger partial charge in [0.15, 0.2) is 0 Å². The van der Waals surface area contributed by atoms with Crippen molar-refractivity contribution in [2.75, 3.05) is 6.54 Å². The van der Waals surface area contributed by atoms with Crippen LogP contribution in [0, 0.1) is 11.8 Å². The van der Waals surface area contributed by atoms with E-state index in [4.69, 9.17) is 4.74 Å². The molecule has 1 fully saturated rings.